The molecular weight excluding hydrogens is 221 g/mol. The number of carbonyl (C=O) groups is 1. The average molecular weight is 237 g/mol. The highest BCUT2D eigenvalue weighted by Crippen LogP contribution is 2.41. The van der Waals surface area contributed by atoms with Gasteiger partial charge in [0.2, 0.25) is 0 Å². The van der Waals surface area contributed by atoms with E-state index >= 15 is 0 Å². The molecular formula is C13H16FNO2. The fourth-order valence-corrected chi connectivity index (χ4v) is 2.61. The van der Waals surface area contributed by atoms with Crippen molar-refractivity contribution in [2.75, 3.05) is 13.7 Å². The molecule has 17 heavy (non-hydrogen) atoms. The predicted octanol–water partition coefficient (Wildman–Crippen LogP) is 1.53. The van der Waals surface area contributed by atoms with Crippen LogP contribution in [-0.2, 0) is 21.4 Å². The summed E-state index contributed by atoms with van der Waals surface area (Å²) in [7, 11) is 1.37. The number of rotatable bonds is 3. The first-order chi connectivity index (χ1) is 8.11. The molecule has 0 spiro atoms. The van der Waals surface area contributed by atoms with E-state index in [0.717, 1.165) is 24.0 Å². The SMILES string of the molecule is COC(=O)CC1(CN)CCc2cc(F)ccc21. The summed E-state index contributed by atoms with van der Waals surface area (Å²) in [5.41, 5.74) is 7.39. The molecule has 0 saturated carbocycles. The number of carbonyl (C=O) groups excluding carboxylic acids is 1. The summed E-state index contributed by atoms with van der Waals surface area (Å²) in [5, 5.41) is 0. The number of benzene rings is 1. The largest absolute Gasteiger partial charge is 0.469 e. The highest BCUT2D eigenvalue weighted by atomic mass is 19.1. The van der Waals surface area contributed by atoms with Gasteiger partial charge in [0.1, 0.15) is 5.82 Å². The number of nitrogens with two attached hydrogens (primary N) is 1. The van der Waals surface area contributed by atoms with Crippen LogP contribution in [0.25, 0.3) is 0 Å². The van der Waals surface area contributed by atoms with E-state index in [0.29, 0.717) is 6.54 Å². The Morgan fingerprint density at radius 1 is 1.59 bits per heavy atom. The van der Waals surface area contributed by atoms with Crippen LogP contribution in [0.4, 0.5) is 4.39 Å². The number of halogens is 1. The molecule has 1 atom stereocenters. The Morgan fingerprint density at radius 2 is 2.35 bits per heavy atom. The molecule has 4 heteroatoms. The summed E-state index contributed by atoms with van der Waals surface area (Å²) >= 11 is 0. The molecule has 0 fully saturated rings. The minimum absolute atomic E-state index is 0.241. The van der Waals surface area contributed by atoms with Gasteiger partial charge < -0.3 is 10.5 Å². The molecule has 0 bridgehead atoms. The van der Waals surface area contributed by atoms with Crippen LogP contribution in [-0.4, -0.2) is 19.6 Å². The van der Waals surface area contributed by atoms with Gasteiger partial charge in [-0.1, -0.05) is 6.07 Å². The summed E-state index contributed by atoms with van der Waals surface area (Å²) in [5.74, 6) is -0.512. The number of hydrogen-bond donors (Lipinski definition) is 1. The summed E-state index contributed by atoms with van der Waals surface area (Å²) < 4.78 is 17.8. The van der Waals surface area contributed by atoms with Gasteiger partial charge in [-0.3, -0.25) is 4.79 Å². The van der Waals surface area contributed by atoms with Gasteiger partial charge >= 0.3 is 5.97 Å². The van der Waals surface area contributed by atoms with E-state index < -0.39 is 0 Å². The van der Waals surface area contributed by atoms with Gasteiger partial charge in [0.05, 0.1) is 13.5 Å². The number of aryl methyl sites for hydroxylation is 1. The lowest BCUT2D eigenvalue weighted by Crippen LogP contribution is -2.35. The first-order valence-corrected chi connectivity index (χ1v) is 5.67. The number of methoxy groups -OCH3 is 1. The van der Waals surface area contributed by atoms with E-state index in [1.165, 1.54) is 19.2 Å². The third-order valence-corrected chi connectivity index (χ3v) is 3.61. The van der Waals surface area contributed by atoms with Crippen LogP contribution in [0.1, 0.15) is 24.0 Å². The zero-order valence-corrected chi connectivity index (χ0v) is 9.83. The molecule has 1 aliphatic carbocycles. The second-order valence-corrected chi connectivity index (χ2v) is 4.54. The van der Waals surface area contributed by atoms with E-state index in [9.17, 15) is 9.18 Å². The molecule has 1 aromatic carbocycles. The standard InChI is InChI=1S/C13H16FNO2/c1-17-12(16)7-13(8-15)5-4-9-6-10(14)2-3-11(9)13/h2-3,6H,4-5,7-8,15H2,1H3. The van der Waals surface area contributed by atoms with Crippen molar-refractivity contribution < 1.29 is 13.9 Å². The van der Waals surface area contributed by atoms with Crippen LogP contribution >= 0.6 is 0 Å². The van der Waals surface area contributed by atoms with Crippen LogP contribution in [0.3, 0.4) is 0 Å². The topological polar surface area (TPSA) is 52.3 Å². The van der Waals surface area contributed by atoms with E-state index in [-0.39, 0.29) is 23.6 Å². The molecule has 1 unspecified atom stereocenters. The number of ether oxygens (including phenoxy) is 1. The van der Waals surface area contributed by atoms with Crippen molar-refractivity contribution in [3.63, 3.8) is 0 Å². The summed E-state index contributed by atoms with van der Waals surface area (Å²) in [6.07, 6.45) is 1.80. The average Bonchev–Trinajstić information content (AvgIpc) is 2.68. The monoisotopic (exact) mass is 237 g/mol. The van der Waals surface area contributed by atoms with Gasteiger partial charge in [-0.05, 0) is 36.1 Å². The second kappa shape index (κ2) is 4.45. The van der Waals surface area contributed by atoms with Crippen molar-refractivity contribution in [3.05, 3.63) is 35.1 Å². The highest BCUT2D eigenvalue weighted by molar-refractivity contribution is 5.72. The molecule has 0 aliphatic heterocycles. The van der Waals surface area contributed by atoms with Gasteiger partial charge in [-0.25, -0.2) is 4.39 Å². The second-order valence-electron chi connectivity index (χ2n) is 4.54. The third-order valence-electron chi connectivity index (χ3n) is 3.61. The zero-order chi connectivity index (χ0) is 12.5. The first kappa shape index (κ1) is 12.0. The van der Waals surface area contributed by atoms with Gasteiger partial charge in [-0.15, -0.1) is 0 Å². The number of hydrogen-bond acceptors (Lipinski definition) is 3. The molecule has 1 aromatic rings. The maximum absolute atomic E-state index is 13.1. The van der Waals surface area contributed by atoms with Crippen molar-refractivity contribution in [1.82, 2.24) is 0 Å². The molecule has 0 heterocycles. The lowest BCUT2D eigenvalue weighted by atomic mass is 9.79. The third kappa shape index (κ3) is 2.05. The Hall–Kier alpha value is -1.42. The molecule has 92 valence electrons. The van der Waals surface area contributed by atoms with E-state index in [4.69, 9.17) is 10.5 Å². The van der Waals surface area contributed by atoms with Crippen LogP contribution in [0.5, 0.6) is 0 Å². The molecule has 0 aromatic heterocycles. The van der Waals surface area contributed by atoms with Crippen LogP contribution in [0.15, 0.2) is 18.2 Å². The van der Waals surface area contributed by atoms with Crippen LogP contribution in [0.2, 0.25) is 0 Å². The summed E-state index contributed by atoms with van der Waals surface area (Å²) in [6, 6.07) is 4.70. The molecule has 1 aliphatic rings. The van der Waals surface area contributed by atoms with E-state index in [2.05, 4.69) is 0 Å². The predicted molar refractivity (Wildman–Crippen MR) is 62.1 cm³/mol. The number of esters is 1. The lowest BCUT2D eigenvalue weighted by molar-refractivity contribution is -0.142. The Kier molecular flexibility index (Phi) is 3.15. The smallest absolute Gasteiger partial charge is 0.306 e. The van der Waals surface area contributed by atoms with Gasteiger partial charge in [-0.2, -0.15) is 0 Å². The van der Waals surface area contributed by atoms with Gasteiger partial charge in [0, 0.05) is 12.0 Å². The van der Waals surface area contributed by atoms with Crippen molar-refractivity contribution in [2.45, 2.75) is 24.7 Å². The van der Waals surface area contributed by atoms with Gasteiger partial charge in [0.15, 0.2) is 0 Å². The normalized spacial score (nSPS) is 22.3. The first-order valence-electron chi connectivity index (χ1n) is 5.67. The van der Waals surface area contributed by atoms with Gasteiger partial charge in [0.25, 0.3) is 0 Å². The minimum Gasteiger partial charge on any atom is -0.469 e. The van der Waals surface area contributed by atoms with Crippen molar-refractivity contribution in [1.29, 1.82) is 0 Å². The summed E-state index contributed by atoms with van der Waals surface area (Å²) in [6.45, 7) is 0.376. The lowest BCUT2D eigenvalue weighted by Gasteiger charge is -2.27. The van der Waals surface area contributed by atoms with Crippen molar-refractivity contribution >= 4 is 5.97 Å². The fraction of sp³-hybridized carbons (Fsp3) is 0.462. The van der Waals surface area contributed by atoms with Crippen LogP contribution < -0.4 is 5.73 Å². The zero-order valence-electron chi connectivity index (χ0n) is 9.83. The van der Waals surface area contributed by atoms with Crippen molar-refractivity contribution in [2.24, 2.45) is 5.73 Å². The highest BCUT2D eigenvalue weighted by Gasteiger charge is 2.39. The fourth-order valence-electron chi connectivity index (χ4n) is 2.61. The van der Waals surface area contributed by atoms with E-state index in [1.54, 1.807) is 6.07 Å². The molecule has 3 nitrogen and oxygen atoms in total. The Balaban J connectivity index is 2.37. The maximum atomic E-state index is 13.1. The van der Waals surface area contributed by atoms with E-state index in [1.807, 2.05) is 0 Å². The summed E-state index contributed by atoms with van der Waals surface area (Å²) in [4.78, 5) is 11.5. The maximum Gasteiger partial charge on any atom is 0.306 e. The van der Waals surface area contributed by atoms with Crippen LogP contribution in [0, 0.1) is 5.82 Å². The molecule has 2 rings (SSSR count). The molecule has 2 N–H and O–H groups in total. The Labute approximate surface area is 99.8 Å². The molecule has 0 saturated heterocycles. The van der Waals surface area contributed by atoms with Crippen molar-refractivity contribution in [3.8, 4) is 0 Å². The Bertz CT molecular complexity index is 447. The quantitative estimate of drug-likeness (QED) is 0.811. The number of fused-ring (bicyclic) bond motifs is 1. The molecule has 0 amide bonds. The minimum atomic E-state index is -0.379. The molecule has 0 radical (unpaired) electrons. The Morgan fingerprint density at radius 3 is 3.00 bits per heavy atom.